The van der Waals surface area contributed by atoms with Crippen molar-refractivity contribution >= 4 is 6.09 Å². The molecule has 0 N–H and O–H groups in total. The van der Waals surface area contributed by atoms with E-state index >= 15 is 0 Å². The molecule has 0 bridgehead atoms. The maximum atomic E-state index is 11.3. The Bertz CT molecular complexity index is 392. The van der Waals surface area contributed by atoms with Gasteiger partial charge in [-0.25, -0.2) is 4.79 Å². The highest BCUT2D eigenvalue weighted by Gasteiger charge is 2.12. The minimum absolute atomic E-state index is 0.386. The molecule has 0 spiro atoms. The molecule has 0 aliphatic rings. The lowest BCUT2D eigenvalue weighted by molar-refractivity contribution is 0.131. The van der Waals surface area contributed by atoms with E-state index in [4.69, 9.17) is 9.47 Å². The van der Waals surface area contributed by atoms with E-state index in [0.29, 0.717) is 18.0 Å². The van der Waals surface area contributed by atoms with Crippen LogP contribution < -0.4 is 9.47 Å². The van der Waals surface area contributed by atoms with Gasteiger partial charge in [0.1, 0.15) is 11.5 Å². The fourth-order valence-corrected chi connectivity index (χ4v) is 1.46. The minimum Gasteiger partial charge on any atom is -0.497 e. The Morgan fingerprint density at radius 2 is 1.94 bits per heavy atom. The standard InChI is InChI=1S/C12H17NO4/c1-13(12(14)17-4)8-9-5-6-10(15-2)7-11(9)16-3/h5-7H,8H2,1-4H3. The number of amides is 1. The molecule has 1 amide bonds. The van der Waals surface area contributed by atoms with Crippen LogP contribution in [0.5, 0.6) is 11.5 Å². The van der Waals surface area contributed by atoms with Crippen LogP contribution >= 0.6 is 0 Å². The predicted octanol–water partition coefficient (Wildman–Crippen LogP) is 1.90. The van der Waals surface area contributed by atoms with Crippen LogP contribution in [0.3, 0.4) is 0 Å². The highest BCUT2D eigenvalue weighted by Crippen LogP contribution is 2.25. The second kappa shape index (κ2) is 5.98. The van der Waals surface area contributed by atoms with Gasteiger partial charge in [0.25, 0.3) is 0 Å². The molecule has 1 rings (SSSR count). The molecule has 5 nitrogen and oxygen atoms in total. The van der Waals surface area contributed by atoms with Crippen molar-refractivity contribution in [1.82, 2.24) is 4.90 Å². The van der Waals surface area contributed by atoms with Crippen LogP contribution in [-0.4, -0.2) is 39.4 Å². The van der Waals surface area contributed by atoms with Crippen molar-refractivity contribution in [2.75, 3.05) is 28.4 Å². The highest BCUT2D eigenvalue weighted by molar-refractivity contribution is 5.67. The average molecular weight is 239 g/mol. The molecule has 1 aromatic rings. The van der Waals surface area contributed by atoms with Crippen molar-refractivity contribution in [2.45, 2.75) is 6.54 Å². The van der Waals surface area contributed by atoms with Crippen LogP contribution in [0.1, 0.15) is 5.56 Å². The van der Waals surface area contributed by atoms with Gasteiger partial charge >= 0.3 is 6.09 Å². The van der Waals surface area contributed by atoms with Gasteiger partial charge in [-0.15, -0.1) is 0 Å². The molecule has 17 heavy (non-hydrogen) atoms. The number of carbonyl (C=O) groups excluding carboxylic acids is 1. The first kappa shape index (κ1) is 13.2. The molecule has 0 atom stereocenters. The Hall–Kier alpha value is -1.91. The van der Waals surface area contributed by atoms with E-state index in [-0.39, 0.29) is 6.09 Å². The quantitative estimate of drug-likeness (QED) is 0.805. The largest absolute Gasteiger partial charge is 0.497 e. The zero-order valence-electron chi connectivity index (χ0n) is 10.5. The van der Waals surface area contributed by atoms with Crippen LogP contribution in [0, 0.1) is 0 Å². The SMILES string of the molecule is COC(=O)N(C)Cc1ccc(OC)cc1OC. The van der Waals surface area contributed by atoms with E-state index in [0.717, 1.165) is 5.56 Å². The van der Waals surface area contributed by atoms with Crippen LogP contribution in [0.25, 0.3) is 0 Å². The maximum absolute atomic E-state index is 11.3. The molecule has 94 valence electrons. The molecule has 0 aromatic heterocycles. The van der Waals surface area contributed by atoms with Crippen molar-refractivity contribution in [3.63, 3.8) is 0 Å². The number of carbonyl (C=O) groups is 1. The molecule has 0 aliphatic carbocycles. The lowest BCUT2D eigenvalue weighted by Gasteiger charge is -2.17. The normalized spacial score (nSPS) is 9.65. The van der Waals surface area contributed by atoms with Gasteiger partial charge in [-0.1, -0.05) is 0 Å². The summed E-state index contributed by atoms with van der Waals surface area (Å²) in [5.41, 5.74) is 0.890. The van der Waals surface area contributed by atoms with Crippen molar-refractivity contribution in [2.24, 2.45) is 0 Å². The number of rotatable bonds is 4. The summed E-state index contributed by atoms with van der Waals surface area (Å²) >= 11 is 0. The third kappa shape index (κ3) is 3.27. The molecule has 1 aromatic carbocycles. The van der Waals surface area contributed by atoms with Crippen LogP contribution in [0.4, 0.5) is 4.79 Å². The zero-order valence-corrected chi connectivity index (χ0v) is 10.5. The molecular formula is C12H17NO4. The Morgan fingerprint density at radius 3 is 2.47 bits per heavy atom. The highest BCUT2D eigenvalue weighted by atomic mass is 16.5. The third-order valence-corrected chi connectivity index (χ3v) is 2.39. The predicted molar refractivity (Wildman–Crippen MR) is 63.4 cm³/mol. The molecule has 0 saturated carbocycles. The van der Waals surface area contributed by atoms with Gasteiger partial charge < -0.3 is 19.1 Å². The summed E-state index contributed by atoms with van der Waals surface area (Å²) in [5.74, 6) is 1.39. The summed E-state index contributed by atoms with van der Waals surface area (Å²) < 4.78 is 15.0. The molecule has 0 unspecified atom stereocenters. The Balaban J connectivity index is 2.87. The first-order chi connectivity index (χ1) is 8.12. The van der Waals surface area contributed by atoms with Gasteiger partial charge in [0, 0.05) is 18.7 Å². The van der Waals surface area contributed by atoms with Gasteiger partial charge in [0.05, 0.1) is 27.9 Å². The second-order valence-electron chi connectivity index (χ2n) is 3.50. The molecule has 0 radical (unpaired) electrons. The number of methoxy groups -OCH3 is 3. The van der Waals surface area contributed by atoms with Crippen molar-refractivity contribution < 1.29 is 19.0 Å². The monoisotopic (exact) mass is 239 g/mol. The summed E-state index contributed by atoms with van der Waals surface area (Å²) in [4.78, 5) is 12.7. The molecule has 0 aliphatic heterocycles. The lowest BCUT2D eigenvalue weighted by Crippen LogP contribution is -2.26. The molecule has 0 saturated heterocycles. The summed E-state index contributed by atoms with van der Waals surface area (Å²) in [7, 11) is 6.19. The van der Waals surface area contributed by atoms with Crippen LogP contribution in [0.15, 0.2) is 18.2 Å². The topological polar surface area (TPSA) is 48.0 Å². The zero-order chi connectivity index (χ0) is 12.8. The first-order valence-corrected chi connectivity index (χ1v) is 5.12. The van der Waals surface area contributed by atoms with E-state index in [1.807, 2.05) is 12.1 Å². The maximum Gasteiger partial charge on any atom is 0.409 e. The van der Waals surface area contributed by atoms with Crippen molar-refractivity contribution in [3.8, 4) is 11.5 Å². The number of hydrogen-bond acceptors (Lipinski definition) is 4. The summed E-state index contributed by atoms with van der Waals surface area (Å²) in [6.07, 6.45) is -0.386. The van der Waals surface area contributed by atoms with Crippen molar-refractivity contribution in [1.29, 1.82) is 0 Å². The number of nitrogens with zero attached hydrogens (tertiary/aromatic N) is 1. The summed E-state index contributed by atoms with van der Waals surface area (Å²) in [6.45, 7) is 0.417. The number of hydrogen-bond donors (Lipinski definition) is 0. The third-order valence-electron chi connectivity index (χ3n) is 2.39. The molecule has 5 heteroatoms. The average Bonchev–Trinajstić information content (AvgIpc) is 2.37. The fourth-order valence-electron chi connectivity index (χ4n) is 1.46. The lowest BCUT2D eigenvalue weighted by atomic mass is 10.2. The van der Waals surface area contributed by atoms with E-state index in [1.165, 1.54) is 12.0 Å². The van der Waals surface area contributed by atoms with Crippen molar-refractivity contribution in [3.05, 3.63) is 23.8 Å². The van der Waals surface area contributed by atoms with Gasteiger partial charge in [-0.3, -0.25) is 0 Å². The second-order valence-corrected chi connectivity index (χ2v) is 3.50. The minimum atomic E-state index is -0.386. The number of benzene rings is 1. The van der Waals surface area contributed by atoms with Gasteiger partial charge in [-0.2, -0.15) is 0 Å². The Morgan fingerprint density at radius 1 is 1.24 bits per heavy atom. The van der Waals surface area contributed by atoms with E-state index in [1.54, 1.807) is 27.3 Å². The van der Waals surface area contributed by atoms with Gasteiger partial charge in [0.15, 0.2) is 0 Å². The molecule has 0 fully saturated rings. The molecular weight excluding hydrogens is 222 g/mol. The van der Waals surface area contributed by atoms with Crippen LogP contribution in [-0.2, 0) is 11.3 Å². The van der Waals surface area contributed by atoms with E-state index < -0.39 is 0 Å². The Kier molecular flexibility index (Phi) is 4.63. The Labute approximate surface area is 101 Å². The first-order valence-electron chi connectivity index (χ1n) is 5.12. The van der Waals surface area contributed by atoms with Gasteiger partial charge in [-0.05, 0) is 12.1 Å². The fraction of sp³-hybridized carbons (Fsp3) is 0.417. The summed E-state index contributed by atoms with van der Waals surface area (Å²) in [6, 6.07) is 5.46. The smallest absolute Gasteiger partial charge is 0.409 e. The van der Waals surface area contributed by atoms with E-state index in [2.05, 4.69) is 4.74 Å². The molecule has 0 heterocycles. The van der Waals surface area contributed by atoms with Crippen LogP contribution in [0.2, 0.25) is 0 Å². The van der Waals surface area contributed by atoms with Gasteiger partial charge in [0.2, 0.25) is 0 Å². The van der Waals surface area contributed by atoms with E-state index in [9.17, 15) is 4.79 Å². The number of ether oxygens (including phenoxy) is 3. The summed E-state index contributed by atoms with van der Waals surface area (Å²) in [5, 5.41) is 0.